The first-order valence-corrected chi connectivity index (χ1v) is 14.0. The Hall–Kier alpha value is -1.92. The zero-order valence-electron chi connectivity index (χ0n) is 22.0. The van der Waals surface area contributed by atoms with Crippen LogP contribution < -0.4 is 9.47 Å². The lowest BCUT2D eigenvalue weighted by Crippen LogP contribution is -2.54. The van der Waals surface area contributed by atoms with Crippen molar-refractivity contribution in [1.29, 1.82) is 0 Å². The Morgan fingerprint density at radius 3 is 2.63 bits per heavy atom. The van der Waals surface area contributed by atoms with Crippen molar-refractivity contribution in [2.45, 2.75) is 90.6 Å². The quantitative estimate of drug-likeness (QED) is 0.356. The zero-order chi connectivity index (χ0) is 24.4. The lowest BCUT2D eigenvalue weighted by atomic mass is 9.46. The van der Waals surface area contributed by atoms with Crippen LogP contribution in [0.2, 0.25) is 0 Å². The minimum atomic E-state index is -0.912. The van der Waals surface area contributed by atoms with E-state index in [4.69, 9.17) is 9.47 Å². The fraction of sp³-hybridized carbons (Fsp3) is 0.688. The van der Waals surface area contributed by atoms with E-state index in [1.165, 1.54) is 37.7 Å². The summed E-state index contributed by atoms with van der Waals surface area (Å²) in [5, 5.41) is 12.2. The van der Waals surface area contributed by atoms with Crippen LogP contribution in [0.4, 0.5) is 0 Å². The molecule has 35 heavy (non-hydrogen) atoms. The number of fused-ring (bicyclic) bond motifs is 6. The van der Waals surface area contributed by atoms with Gasteiger partial charge in [0.25, 0.3) is 0 Å². The molecule has 3 fully saturated rings. The Balaban J connectivity index is 1.45. The maximum atomic E-state index is 12.2. The summed E-state index contributed by atoms with van der Waals surface area (Å²) in [5.74, 6) is 11.6. The highest BCUT2D eigenvalue weighted by Gasteiger charge is 2.64. The number of aliphatic hydroxyl groups is 1. The average molecular weight is 475 g/mol. The summed E-state index contributed by atoms with van der Waals surface area (Å²) in [6.07, 6.45) is 11.9. The van der Waals surface area contributed by atoms with Gasteiger partial charge in [-0.05, 0) is 119 Å². The lowest BCUT2D eigenvalue weighted by molar-refractivity contribution is -0.0958. The Bertz CT molecular complexity index is 1080. The lowest BCUT2D eigenvalue weighted by Gasteiger charge is -2.58. The van der Waals surface area contributed by atoms with Crippen LogP contribution in [0, 0.1) is 46.3 Å². The van der Waals surface area contributed by atoms with Crippen LogP contribution in [0.25, 0.3) is 0 Å². The summed E-state index contributed by atoms with van der Waals surface area (Å²) in [6.45, 7) is 10.0. The summed E-state index contributed by atoms with van der Waals surface area (Å²) in [7, 11) is 0. The molecule has 188 valence electrons. The second kappa shape index (κ2) is 8.31. The molecule has 7 atom stereocenters. The molecule has 3 nitrogen and oxygen atoms in total. The molecule has 5 aliphatic rings. The fourth-order valence-electron chi connectivity index (χ4n) is 8.56. The minimum Gasteiger partial charge on any atom is -0.486 e. The van der Waals surface area contributed by atoms with Crippen molar-refractivity contribution in [2.24, 2.45) is 34.5 Å². The van der Waals surface area contributed by atoms with Crippen LogP contribution in [0.15, 0.2) is 29.8 Å². The number of ether oxygens (including phenoxy) is 2. The molecule has 3 heteroatoms. The molecular formula is C32H42O3. The van der Waals surface area contributed by atoms with Crippen LogP contribution >= 0.6 is 0 Å². The average Bonchev–Trinajstić information content (AvgIpc) is 3.12. The van der Waals surface area contributed by atoms with Gasteiger partial charge in [0.15, 0.2) is 11.5 Å². The molecule has 0 spiro atoms. The molecule has 0 radical (unpaired) electrons. The van der Waals surface area contributed by atoms with Crippen LogP contribution in [0.3, 0.4) is 0 Å². The highest BCUT2D eigenvalue weighted by atomic mass is 16.6. The van der Waals surface area contributed by atoms with E-state index in [0.717, 1.165) is 30.8 Å². The molecule has 1 aliphatic heterocycles. The van der Waals surface area contributed by atoms with Gasteiger partial charge in [0, 0.05) is 10.8 Å². The van der Waals surface area contributed by atoms with Gasteiger partial charge in [0.05, 0.1) is 0 Å². The van der Waals surface area contributed by atoms with Gasteiger partial charge in [0.1, 0.15) is 18.8 Å². The van der Waals surface area contributed by atoms with Crippen molar-refractivity contribution in [2.75, 3.05) is 13.2 Å². The van der Waals surface area contributed by atoms with Crippen LogP contribution in [-0.4, -0.2) is 23.9 Å². The highest BCUT2D eigenvalue weighted by molar-refractivity contribution is 5.46. The summed E-state index contributed by atoms with van der Waals surface area (Å²) >= 11 is 0. The molecule has 0 amide bonds. The van der Waals surface area contributed by atoms with E-state index in [0.29, 0.717) is 42.8 Å². The summed E-state index contributed by atoms with van der Waals surface area (Å²) in [5.41, 5.74) is 1.88. The predicted octanol–water partition coefficient (Wildman–Crippen LogP) is 6.89. The van der Waals surface area contributed by atoms with Gasteiger partial charge in [0.2, 0.25) is 0 Å². The molecule has 3 saturated carbocycles. The van der Waals surface area contributed by atoms with E-state index < -0.39 is 5.60 Å². The SMILES string of the molecule is CC(C)(C)C#C[C@]1(O)CC[C@H]2[C@@H]3CCC4=CCCC[C@@H]4[C@H]3[C@@H](c3ccc4c(c3)OCCO4)C[C@@]21C. The Kier molecular flexibility index (Phi) is 5.57. The van der Waals surface area contributed by atoms with Gasteiger partial charge >= 0.3 is 0 Å². The maximum absolute atomic E-state index is 12.2. The first-order chi connectivity index (χ1) is 16.7. The number of allylic oxidation sites excluding steroid dienone is 2. The van der Waals surface area contributed by atoms with Crippen molar-refractivity contribution in [3.63, 3.8) is 0 Å². The minimum absolute atomic E-state index is 0.108. The fourth-order valence-corrected chi connectivity index (χ4v) is 8.56. The molecule has 4 aliphatic carbocycles. The van der Waals surface area contributed by atoms with Gasteiger partial charge < -0.3 is 14.6 Å². The largest absolute Gasteiger partial charge is 0.486 e. The predicted molar refractivity (Wildman–Crippen MR) is 139 cm³/mol. The van der Waals surface area contributed by atoms with E-state index >= 15 is 0 Å². The van der Waals surface area contributed by atoms with Gasteiger partial charge in [-0.1, -0.05) is 36.5 Å². The monoisotopic (exact) mass is 474 g/mol. The molecule has 0 saturated heterocycles. The Labute approximate surface area is 211 Å². The maximum Gasteiger partial charge on any atom is 0.161 e. The summed E-state index contributed by atoms with van der Waals surface area (Å²) in [6, 6.07) is 6.66. The van der Waals surface area contributed by atoms with Crippen molar-refractivity contribution in [3.8, 4) is 23.3 Å². The first-order valence-electron chi connectivity index (χ1n) is 14.0. The second-order valence-corrected chi connectivity index (χ2v) is 13.2. The van der Waals surface area contributed by atoms with Crippen molar-refractivity contribution < 1.29 is 14.6 Å². The number of rotatable bonds is 1. The number of hydrogen-bond donors (Lipinski definition) is 1. The number of benzene rings is 1. The highest BCUT2D eigenvalue weighted by Crippen LogP contribution is 2.68. The third-order valence-corrected chi connectivity index (χ3v) is 10.2. The van der Waals surface area contributed by atoms with Crippen molar-refractivity contribution in [1.82, 2.24) is 0 Å². The second-order valence-electron chi connectivity index (χ2n) is 13.2. The van der Waals surface area contributed by atoms with Gasteiger partial charge in [-0.2, -0.15) is 0 Å². The van der Waals surface area contributed by atoms with E-state index in [9.17, 15) is 5.11 Å². The molecule has 0 unspecified atom stereocenters. The summed E-state index contributed by atoms with van der Waals surface area (Å²) in [4.78, 5) is 0. The molecule has 1 aromatic carbocycles. The topological polar surface area (TPSA) is 38.7 Å². The van der Waals surface area contributed by atoms with Crippen LogP contribution in [-0.2, 0) is 0 Å². The van der Waals surface area contributed by atoms with Crippen molar-refractivity contribution in [3.05, 3.63) is 35.4 Å². The van der Waals surface area contributed by atoms with Crippen LogP contribution in [0.1, 0.15) is 90.5 Å². The van der Waals surface area contributed by atoms with E-state index in [1.54, 1.807) is 5.57 Å². The smallest absolute Gasteiger partial charge is 0.161 e. The zero-order valence-corrected chi connectivity index (χ0v) is 22.0. The molecule has 0 aromatic heterocycles. The van der Waals surface area contributed by atoms with Gasteiger partial charge in [-0.25, -0.2) is 0 Å². The third-order valence-electron chi connectivity index (χ3n) is 10.2. The van der Waals surface area contributed by atoms with Crippen molar-refractivity contribution >= 4 is 0 Å². The standard InChI is InChI=1S/C32H42O3/c1-30(2,3)15-16-32(33)14-13-26-24-11-9-21-7-5-6-8-23(21)29(24)25(20-31(26,32)4)22-10-12-27-28(19-22)35-18-17-34-27/h7,10,12,19,23-26,29,33H,5-6,8-9,11,13-14,17-18,20H2,1-4H3/t23-,24-,25+,26-,29+,31-,32+/m0/s1. The number of hydrogen-bond acceptors (Lipinski definition) is 3. The summed E-state index contributed by atoms with van der Waals surface area (Å²) < 4.78 is 11.9. The molecule has 1 N–H and O–H groups in total. The van der Waals surface area contributed by atoms with Gasteiger partial charge in [-0.15, -0.1) is 0 Å². The third kappa shape index (κ3) is 3.83. The van der Waals surface area contributed by atoms with E-state index in [-0.39, 0.29) is 10.8 Å². The Morgan fingerprint density at radius 2 is 1.83 bits per heavy atom. The van der Waals surface area contributed by atoms with E-state index in [1.807, 2.05) is 0 Å². The van der Waals surface area contributed by atoms with Crippen LogP contribution in [0.5, 0.6) is 11.5 Å². The first kappa shape index (κ1) is 23.5. The molecule has 0 bridgehead atoms. The molecule has 6 rings (SSSR count). The Morgan fingerprint density at radius 1 is 1.03 bits per heavy atom. The molecule has 1 heterocycles. The van der Waals surface area contributed by atoms with E-state index in [2.05, 4.69) is 63.8 Å². The normalized spacial score (nSPS) is 39.9. The van der Waals surface area contributed by atoms with Gasteiger partial charge in [-0.3, -0.25) is 0 Å². The molecular weight excluding hydrogens is 432 g/mol. The molecule has 1 aromatic rings.